The number of nitrogens with zero attached hydrogens (tertiary/aromatic N) is 4. The number of aromatic nitrogens is 3. The Labute approximate surface area is 112 Å². The van der Waals surface area contributed by atoms with E-state index in [2.05, 4.69) is 15.1 Å². The molecule has 0 fully saturated rings. The highest BCUT2D eigenvalue weighted by molar-refractivity contribution is 5.51. The Hall–Kier alpha value is -1.79. The molecule has 1 N–H and O–H groups in total. The first kappa shape index (κ1) is 13.6. The van der Waals surface area contributed by atoms with Gasteiger partial charge in [0, 0.05) is 24.5 Å². The van der Waals surface area contributed by atoms with Gasteiger partial charge in [-0.05, 0) is 25.6 Å². The predicted octanol–water partition coefficient (Wildman–Crippen LogP) is 1.33. The lowest BCUT2D eigenvalue weighted by atomic mass is 10.2. The van der Waals surface area contributed by atoms with Crippen LogP contribution in [0.25, 0.3) is 11.4 Å². The minimum Gasteiger partial charge on any atom is -0.392 e. The third-order valence-corrected chi connectivity index (χ3v) is 2.79. The summed E-state index contributed by atoms with van der Waals surface area (Å²) in [6, 6.07) is 3.71. The monoisotopic (exact) mass is 262 g/mol. The molecule has 0 saturated carbocycles. The second-order valence-electron chi connectivity index (χ2n) is 4.51. The molecule has 0 aliphatic heterocycles. The lowest BCUT2D eigenvalue weighted by molar-refractivity contribution is 0.114. The minimum atomic E-state index is -0.328. The van der Waals surface area contributed by atoms with Crippen molar-refractivity contribution in [3.63, 3.8) is 0 Å². The Kier molecular flexibility index (Phi) is 4.59. The van der Waals surface area contributed by atoms with Crippen LogP contribution in [0, 0.1) is 0 Å². The first-order valence-electron chi connectivity index (χ1n) is 6.28. The van der Waals surface area contributed by atoms with Gasteiger partial charge in [-0.25, -0.2) is 0 Å². The summed E-state index contributed by atoms with van der Waals surface area (Å²) in [6.45, 7) is 3.05. The van der Waals surface area contributed by atoms with E-state index in [0.717, 1.165) is 12.0 Å². The molecule has 0 aliphatic carbocycles. The maximum atomic E-state index is 9.57. The molecule has 0 saturated heterocycles. The van der Waals surface area contributed by atoms with E-state index in [-0.39, 0.29) is 6.10 Å². The van der Waals surface area contributed by atoms with Gasteiger partial charge in [0.1, 0.15) is 0 Å². The molecule has 0 aliphatic rings. The summed E-state index contributed by atoms with van der Waals surface area (Å²) in [4.78, 5) is 10.3. The molecule has 19 heavy (non-hydrogen) atoms. The van der Waals surface area contributed by atoms with Crippen molar-refractivity contribution in [1.82, 2.24) is 20.0 Å². The van der Waals surface area contributed by atoms with Crippen molar-refractivity contribution in [3.05, 3.63) is 30.4 Å². The van der Waals surface area contributed by atoms with Gasteiger partial charge in [-0.15, -0.1) is 0 Å². The molecule has 0 radical (unpaired) electrons. The van der Waals surface area contributed by atoms with Crippen LogP contribution in [0.4, 0.5) is 0 Å². The molecule has 2 rings (SSSR count). The smallest absolute Gasteiger partial charge is 0.241 e. The van der Waals surface area contributed by atoms with E-state index in [0.29, 0.717) is 24.8 Å². The predicted molar refractivity (Wildman–Crippen MR) is 70.2 cm³/mol. The van der Waals surface area contributed by atoms with Crippen molar-refractivity contribution in [2.24, 2.45) is 0 Å². The summed E-state index contributed by atoms with van der Waals surface area (Å²) in [5.41, 5.74) is 0.828. The summed E-state index contributed by atoms with van der Waals surface area (Å²) in [7, 11) is 1.91. The van der Waals surface area contributed by atoms with Crippen LogP contribution >= 0.6 is 0 Å². The molecular weight excluding hydrogens is 244 g/mol. The fraction of sp³-hybridized carbons (Fsp3) is 0.462. The quantitative estimate of drug-likeness (QED) is 0.846. The Bertz CT molecular complexity index is 500. The number of pyridine rings is 1. The van der Waals surface area contributed by atoms with Crippen LogP contribution in [0.1, 0.15) is 19.2 Å². The van der Waals surface area contributed by atoms with Crippen molar-refractivity contribution in [3.8, 4) is 11.4 Å². The summed E-state index contributed by atoms with van der Waals surface area (Å²) in [5, 5.41) is 13.5. The second-order valence-corrected chi connectivity index (χ2v) is 4.51. The molecule has 0 aromatic carbocycles. The lowest BCUT2D eigenvalue weighted by Crippen LogP contribution is -2.28. The van der Waals surface area contributed by atoms with Gasteiger partial charge in [-0.3, -0.25) is 9.88 Å². The first-order chi connectivity index (χ1) is 9.19. The number of likely N-dealkylation sites (N-methyl/N-ethyl adjacent to an activating group) is 1. The zero-order chi connectivity index (χ0) is 13.7. The zero-order valence-electron chi connectivity index (χ0n) is 11.2. The average Bonchev–Trinajstić information content (AvgIpc) is 2.88. The fourth-order valence-corrected chi connectivity index (χ4v) is 1.72. The fourth-order valence-electron chi connectivity index (χ4n) is 1.72. The third kappa shape index (κ3) is 3.84. The molecule has 2 aromatic rings. The summed E-state index contributed by atoms with van der Waals surface area (Å²) in [6.07, 6.45) is 3.80. The Morgan fingerprint density at radius 2 is 2.32 bits per heavy atom. The molecule has 0 unspecified atom stereocenters. The van der Waals surface area contributed by atoms with Crippen molar-refractivity contribution in [2.45, 2.75) is 26.0 Å². The number of hydrogen-bond donors (Lipinski definition) is 1. The highest BCUT2D eigenvalue weighted by atomic mass is 16.5. The first-order valence-corrected chi connectivity index (χ1v) is 6.28. The van der Waals surface area contributed by atoms with Gasteiger partial charge in [0.2, 0.25) is 11.7 Å². The molecule has 6 nitrogen and oxygen atoms in total. The van der Waals surface area contributed by atoms with Gasteiger partial charge in [0.25, 0.3) is 0 Å². The SMILES string of the molecule is CC[C@@H](O)CN(C)Cc1nc(-c2cccnc2)no1. The highest BCUT2D eigenvalue weighted by Crippen LogP contribution is 2.14. The van der Waals surface area contributed by atoms with Crippen molar-refractivity contribution >= 4 is 0 Å². The molecule has 2 heterocycles. The Morgan fingerprint density at radius 1 is 1.47 bits per heavy atom. The summed E-state index contributed by atoms with van der Waals surface area (Å²) >= 11 is 0. The summed E-state index contributed by atoms with van der Waals surface area (Å²) in [5.74, 6) is 1.07. The highest BCUT2D eigenvalue weighted by Gasteiger charge is 2.12. The van der Waals surface area contributed by atoms with Crippen molar-refractivity contribution in [1.29, 1.82) is 0 Å². The average molecular weight is 262 g/mol. The lowest BCUT2D eigenvalue weighted by Gasteiger charge is -2.17. The Balaban J connectivity index is 1.98. The van der Waals surface area contributed by atoms with Crippen LogP contribution in [0.2, 0.25) is 0 Å². The molecule has 0 bridgehead atoms. The molecular formula is C13H18N4O2. The third-order valence-electron chi connectivity index (χ3n) is 2.79. The van der Waals surface area contributed by atoms with Crippen molar-refractivity contribution < 1.29 is 9.63 Å². The molecule has 6 heteroatoms. The van der Waals surface area contributed by atoms with E-state index in [9.17, 15) is 5.11 Å². The van der Waals surface area contributed by atoms with Gasteiger partial charge in [0.15, 0.2) is 0 Å². The second kappa shape index (κ2) is 6.40. The zero-order valence-corrected chi connectivity index (χ0v) is 11.2. The van der Waals surface area contributed by atoms with E-state index >= 15 is 0 Å². The minimum absolute atomic E-state index is 0.328. The van der Waals surface area contributed by atoms with E-state index in [1.807, 2.05) is 31.0 Å². The van der Waals surface area contributed by atoms with Crippen LogP contribution in [0.3, 0.4) is 0 Å². The van der Waals surface area contributed by atoms with E-state index < -0.39 is 0 Å². The van der Waals surface area contributed by atoms with Crippen LogP contribution in [0.5, 0.6) is 0 Å². The summed E-state index contributed by atoms with van der Waals surface area (Å²) < 4.78 is 5.19. The number of hydrogen-bond acceptors (Lipinski definition) is 6. The normalized spacial score (nSPS) is 12.8. The Morgan fingerprint density at radius 3 is 3.00 bits per heavy atom. The number of rotatable bonds is 6. The van der Waals surface area contributed by atoms with Crippen LogP contribution < -0.4 is 0 Å². The molecule has 0 amide bonds. The molecule has 2 aromatic heterocycles. The molecule has 1 atom stereocenters. The van der Waals surface area contributed by atoms with Crippen LogP contribution in [-0.2, 0) is 6.54 Å². The van der Waals surface area contributed by atoms with Gasteiger partial charge in [-0.2, -0.15) is 4.98 Å². The van der Waals surface area contributed by atoms with E-state index in [1.54, 1.807) is 12.4 Å². The number of aliphatic hydroxyl groups excluding tert-OH is 1. The standard InChI is InChI=1S/C13H18N4O2/c1-3-11(18)8-17(2)9-12-15-13(16-19-12)10-5-4-6-14-7-10/h4-7,11,18H,3,8-9H2,1-2H3/t11-/m1/s1. The topological polar surface area (TPSA) is 75.3 Å². The maximum Gasteiger partial charge on any atom is 0.241 e. The van der Waals surface area contributed by atoms with Gasteiger partial charge < -0.3 is 9.63 Å². The van der Waals surface area contributed by atoms with Crippen LogP contribution in [0.15, 0.2) is 29.0 Å². The molecule has 102 valence electrons. The molecule has 0 spiro atoms. The largest absolute Gasteiger partial charge is 0.392 e. The van der Waals surface area contributed by atoms with Gasteiger partial charge >= 0.3 is 0 Å². The van der Waals surface area contributed by atoms with Crippen molar-refractivity contribution in [2.75, 3.05) is 13.6 Å². The van der Waals surface area contributed by atoms with E-state index in [4.69, 9.17) is 4.52 Å². The van der Waals surface area contributed by atoms with Gasteiger partial charge in [-0.1, -0.05) is 12.1 Å². The van der Waals surface area contributed by atoms with E-state index in [1.165, 1.54) is 0 Å². The van der Waals surface area contributed by atoms with Gasteiger partial charge in [0.05, 0.1) is 12.6 Å². The maximum absolute atomic E-state index is 9.57. The number of aliphatic hydroxyl groups is 1. The van der Waals surface area contributed by atoms with Crippen LogP contribution in [-0.4, -0.2) is 44.8 Å².